The molecule has 0 saturated carbocycles. The zero-order chi connectivity index (χ0) is 74.0. The summed E-state index contributed by atoms with van der Waals surface area (Å²) in [5.41, 5.74) is -1.98. The Kier molecular flexibility index (Phi) is 25.4. The van der Waals surface area contributed by atoms with Gasteiger partial charge >= 0.3 is 6.18 Å². The van der Waals surface area contributed by atoms with E-state index in [2.05, 4.69) is 26.6 Å². The number of rotatable bonds is 15. The number of carbonyl (C=O) groups is 3. The first-order valence-corrected chi connectivity index (χ1v) is 43.6. The molecule has 8 aliphatic rings. The second-order valence-corrected chi connectivity index (χ2v) is 40.4. The molecule has 8 heterocycles. The minimum Gasteiger partial charge on any atom is -0.359 e. The van der Waals surface area contributed by atoms with E-state index in [0.717, 1.165) is 31.2 Å². The molecule has 0 aliphatic carbocycles. The van der Waals surface area contributed by atoms with E-state index < -0.39 is 94.3 Å². The number of thioether (sulfide) groups is 1. The maximum absolute atomic E-state index is 13.0. The lowest BCUT2D eigenvalue weighted by molar-refractivity contribution is -0.138. The molecule has 4 spiro atoms. The maximum atomic E-state index is 13.0. The van der Waals surface area contributed by atoms with E-state index in [1.807, 2.05) is 11.8 Å². The smallest absolute Gasteiger partial charge is 0.359 e. The van der Waals surface area contributed by atoms with Gasteiger partial charge in [0.15, 0.2) is 17.3 Å². The van der Waals surface area contributed by atoms with E-state index in [-0.39, 0.29) is 117 Å². The Hall–Kier alpha value is -4.23. The van der Waals surface area contributed by atoms with Crippen molar-refractivity contribution in [2.45, 2.75) is 146 Å². The quantitative estimate of drug-likeness (QED) is 0.116. The first-order chi connectivity index (χ1) is 47.2. The van der Waals surface area contributed by atoms with Gasteiger partial charge in [0.25, 0.3) is 0 Å². The van der Waals surface area contributed by atoms with Gasteiger partial charge in [0.05, 0.1) is 60.8 Å². The van der Waals surface area contributed by atoms with Crippen molar-refractivity contribution >= 4 is 105 Å². The number of piperidine rings is 4. The third-order valence-electron chi connectivity index (χ3n) is 19.3. The van der Waals surface area contributed by atoms with Gasteiger partial charge in [-0.3, -0.25) is 19.7 Å². The van der Waals surface area contributed by atoms with Crippen LogP contribution in [0.3, 0.4) is 0 Å². The Bertz CT molecular complexity index is 4360. The molecule has 37 heteroatoms. The summed E-state index contributed by atoms with van der Waals surface area (Å²) >= 11 is 4.73. The highest BCUT2D eigenvalue weighted by atomic mass is 79.9. The van der Waals surface area contributed by atoms with Gasteiger partial charge in [-0.25, -0.2) is 50.5 Å². The van der Waals surface area contributed by atoms with Gasteiger partial charge in [0, 0.05) is 144 Å². The van der Waals surface area contributed by atoms with Gasteiger partial charge in [-0.15, -0.1) is 11.8 Å². The normalized spacial score (nSPS) is 21.8. The molecule has 0 bridgehead atoms. The second kappa shape index (κ2) is 31.7. The molecular weight excluding hydrogens is 1530 g/mol. The van der Waals surface area contributed by atoms with Crippen molar-refractivity contribution in [3.8, 4) is 0 Å². The molecule has 0 amide bonds. The Morgan fingerprint density at radius 1 is 0.495 bits per heavy atom. The molecule has 101 heavy (non-hydrogen) atoms. The zero-order valence-electron chi connectivity index (χ0n) is 56.8. The fraction of sp³-hybridized carbons (Fsp3) is 0.578. The van der Waals surface area contributed by atoms with E-state index in [1.54, 1.807) is 37.2 Å². The number of nitrogens with one attached hydrogen (secondary N) is 2. The molecule has 0 atom stereocenters. The van der Waals surface area contributed by atoms with Crippen molar-refractivity contribution in [3.05, 3.63) is 118 Å². The summed E-state index contributed by atoms with van der Waals surface area (Å²) < 4.78 is 217. The monoisotopic (exact) mass is 1610 g/mol. The number of hydrogen-bond donors (Lipinski definition) is 2. The third-order valence-corrected chi connectivity index (χ3v) is 33.4. The molecule has 8 fully saturated rings. The van der Waals surface area contributed by atoms with Gasteiger partial charge in [0.2, 0.25) is 60.1 Å². The third kappa shape index (κ3) is 17.8. The van der Waals surface area contributed by atoms with E-state index in [9.17, 15) is 78.1 Å². The molecular formula is C64H86BrF3N8O18S7. The van der Waals surface area contributed by atoms with E-state index in [0.29, 0.717) is 88.1 Å². The summed E-state index contributed by atoms with van der Waals surface area (Å²) in [6.07, 6.45) is -0.881. The topological polar surface area (TPSA) is 327 Å². The SMILES string of the molecule is CC(=O)c1ccc(S(=O)(=O)N2CCC3(CC2)NCCS3)cc1.CC(=O)c1ccc(S(=O)(=O)N2CCC3(CC2)OCCN3S(=O)(=O)C(C)C)cc1.CCS(=O)(=O)N1CCOC12CCN(S(=O)(=O)c1ccc(C(C)=O)cc1)CC2.O=S(=O)(c1ccc(Br)c(C(F)(F)F)c1)N1CCC2(CC1)NCCO2. The molecule has 0 unspecified atom stereocenters. The molecule has 8 saturated heterocycles. The standard InChI is InChI=1S/C18H26N2O6S2.C17H24N2O6S2.C15H20N2O3S2.C14H16BrF3N2O3S/c1-14(2)27(22,23)20-12-13-26-18(20)8-10-19(11-9-18)28(24,25)17-6-4-16(5-7-17)15(3)21;1-3-26(21,22)19-12-13-25-17(19)8-10-18(11-9-17)27(23,24)16-6-4-15(5-7-16)14(2)20;1-12(18)13-2-4-14(5-3-13)22(19,20)17-9-6-15(7-10-17)16-8-11-21-15;15-12-2-1-10(9-11(12)14(16,17)18)24(21,22)20-6-3-13(4-7-20)19-5-8-23-13/h4-7,14H,8-13H2,1-3H3;4-7H,3,8-13H2,1-2H3;2-5,16H,6-11H2,1H3;1-2,9,19H,3-8H2. The van der Waals surface area contributed by atoms with Crippen molar-refractivity contribution in [1.82, 2.24) is 36.5 Å². The second-order valence-electron chi connectivity index (χ2n) is 25.8. The number of ether oxygens (including phenoxy) is 3. The number of Topliss-reactive ketones (excluding diaryl/α,β-unsaturated/α-hetero) is 3. The van der Waals surface area contributed by atoms with Crippen LogP contribution in [-0.4, -0.2) is 231 Å². The number of nitrogens with zero attached hydrogens (tertiary/aromatic N) is 6. The lowest BCUT2D eigenvalue weighted by Crippen LogP contribution is -2.56. The van der Waals surface area contributed by atoms with Crippen molar-refractivity contribution in [1.29, 1.82) is 0 Å². The molecule has 4 aromatic rings. The summed E-state index contributed by atoms with van der Waals surface area (Å²) in [7, 11) is -21.8. The Balaban J connectivity index is 0.000000157. The molecule has 26 nitrogen and oxygen atoms in total. The van der Waals surface area contributed by atoms with Gasteiger partial charge in [0.1, 0.15) is 17.2 Å². The number of ketones is 3. The molecule has 4 aromatic carbocycles. The molecule has 0 radical (unpaired) electrons. The maximum Gasteiger partial charge on any atom is 0.417 e. The van der Waals surface area contributed by atoms with Crippen LogP contribution in [-0.2, 0) is 80.5 Å². The lowest BCUT2D eigenvalue weighted by atomic mass is 10.0. The number of halogens is 4. The largest absolute Gasteiger partial charge is 0.417 e. The number of benzene rings is 4. The molecule has 2 N–H and O–H groups in total. The molecule has 8 aliphatic heterocycles. The minimum atomic E-state index is -4.63. The molecule has 12 rings (SSSR count). The zero-order valence-corrected chi connectivity index (χ0v) is 64.1. The van der Waals surface area contributed by atoms with E-state index >= 15 is 0 Å². The Morgan fingerprint density at radius 2 is 0.861 bits per heavy atom. The highest BCUT2D eigenvalue weighted by molar-refractivity contribution is 9.10. The van der Waals surface area contributed by atoms with Crippen molar-refractivity contribution in [2.24, 2.45) is 0 Å². The van der Waals surface area contributed by atoms with Crippen LogP contribution in [0.1, 0.15) is 130 Å². The predicted molar refractivity (Wildman–Crippen MR) is 375 cm³/mol. The van der Waals surface area contributed by atoms with Gasteiger partial charge in [-0.2, -0.15) is 39.0 Å². The van der Waals surface area contributed by atoms with Crippen LogP contribution in [0.2, 0.25) is 0 Å². The van der Waals surface area contributed by atoms with Crippen LogP contribution in [0.5, 0.6) is 0 Å². The average Bonchev–Trinajstić information content (AvgIpc) is 1.71. The summed E-state index contributed by atoms with van der Waals surface area (Å²) in [6.45, 7) is 14.8. The van der Waals surface area contributed by atoms with E-state index in [1.165, 1.54) is 109 Å². The fourth-order valence-corrected chi connectivity index (χ4v) is 23.8. The average molecular weight is 1620 g/mol. The highest BCUT2D eigenvalue weighted by Gasteiger charge is 2.54. The van der Waals surface area contributed by atoms with Gasteiger partial charge in [-0.05, 0) is 109 Å². The first kappa shape index (κ1) is 80.9. The summed E-state index contributed by atoms with van der Waals surface area (Å²) in [5, 5.41) is 6.17. The van der Waals surface area contributed by atoms with Crippen molar-refractivity contribution in [2.75, 3.05) is 110 Å². The first-order valence-electron chi connectivity index (χ1n) is 33.0. The Labute approximate surface area is 603 Å². The number of carbonyl (C=O) groups excluding carboxylic acids is 3. The number of sulfonamides is 6. The molecule has 560 valence electrons. The van der Waals surface area contributed by atoms with Crippen LogP contribution in [0.25, 0.3) is 0 Å². The fourth-order valence-electron chi connectivity index (χ4n) is 13.3. The summed E-state index contributed by atoms with van der Waals surface area (Å²) in [4.78, 5) is 34.2. The minimum absolute atomic E-state index is 0.0113. The van der Waals surface area contributed by atoms with Gasteiger partial charge in [-0.1, -0.05) is 52.3 Å². The van der Waals surface area contributed by atoms with Crippen molar-refractivity contribution < 1.29 is 92.3 Å². The summed E-state index contributed by atoms with van der Waals surface area (Å²) in [5.74, 6) is 0.762. The van der Waals surface area contributed by atoms with Crippen LogP contribution in [0.4, 0.5) is 13.2 Å². The van der Waals surface area contributed by atoms with Crippen LogP contribution < -0.4 is 10.6 Å². The van der Waals surface area contributed by atoms with Crippen LogP contribution >= 0.6 is 27.7 Å². The summed E-state index contributed by atoms with van der Waals surface area (Å²) in [6, 6.07) is 20.9. The predicted octanol–water partition coefficient (Wildman–Crippen LogP) is 6.77. The highest BCUT2D eigenvalue weighted by Crippen LogP contribution is 2.43. The van der Waals surface area contributed by atoms with E-state index in [4.69, 9.17) is 14.2 Å². The molecule has 0 aromatic heterocycles. The van der Waals surface area contributed by atoms with Crippen LogP contribution in [0.15, 0.2) is 115 Å². The van der Waals surface area contributed by atoms with Crippen LogP contribution in [0, 0.1) is 0 Å². The van der Waals surface area contributed by atoms with Gasteiger partial charge < -0.3 is 19.5 Å². The lowest BCUT2D eigenvalue weighted by Gasteiger charge is -2.42. The van der Waals surface area contributed by atoms with Crippen molar-refractivity contribution in [3.63, 3.8) is 0 Å². The number of alkyl halides is 3. The Morgan fingerprint density at radius 3 is 1.21 bits per heavy atom. The number of hydrogen-bond acceptors (Lipinski definition) is 21.